The van der Waals surface area contributed by atoms with Gasteiger partial charge in [-0.05, 0) is 60.7 Å². The van der Waals surface area contributed by atoms with Crippen molar-refractivity contribution in [1.82, 2.24) is 0 Å². The average Bonchev–Trinajstić information content (AvgIpc) is 2.76. The van der Waals surface area contributed by atoms with E-state index in [0.29, 0.717) is 10.8 Å². The number of carbonyl (C=O) groups is 1. The molecule has 0 aliphatic heterocycles. The molecule has 3 rings (SSSR count). The molecule has 0 saturated heterocycles. The van der Waals surface area contributed by atoms with E-state index in [1.54, 1.807) is 0 Å². The fourth-order valence-corrected chi connectivity index (χ4v) is 5.89. The molecule has 1 spiro atoms. The highest BCUT2D eigenvalue weighted by molar-refractivity contribution is 5.68. The van der Waals surface area contributed by atoms with Gasteiger partial charge < -0.3 is 5.11 Å². The molecule has 19 heavy (non-hydrogen) atoms. The number of hydrogen-bond donors (Lipinski definition) is 1. The lowest BCUT2D eigenvalue weighted by atomic mass is 9.67. The highest BCUT2D eigenvalue weighted by Gasteiger charge is 2.63. The molecule has 2 heteroatoms. The molecule has 3 aliphatic carbocycles. The maximum absolute atomic E-state index is 10.9. The molecule has 3 fully saturated rings. The summed E-state index contributed by atoms with van der Waals surface area (Å²) in [5.74, 6) is 1.77. The van der Waals surface area contributed by atoms with E-state index in [9.17, 15) is 4.79 Å². The molecule has 0 radical (unpaired) electrons. The van der Waals surface area contributed by atoms with Gasteiger partial charge in [-0.25, -0.2) is 0 Å². The summed E-state index contributed by atoms with van der Waals surface area (Å²) >= 11 is 0. The number of carboxylic acid groups (broad SMARTS) is 1. The van der Waals surface area contributed by atoms with Crippen LogP contribution in [0.1, 0.15) is 59.3 Å². The van der Waals surface area contributed by atoms with Crippen LogP contribution in [0, 0.1) is 28.6 Å². The second kappa shape index (κ2) is 4.10. The maximum atomic E-state index is 10.9. The van der Waals surface area contributed by atoms with Gasteiger partial charge in [-0.2, -0.15) is 0 Å². The van der Waals surface area contributed by atoms with Gasteiger partial charge >= 0.3 is 5.97 Å². The van der Waals surface area contributed by atoms with Crippen molar-refractivity contribution in [3.05, 3.63) is 11.6 Å². The van der Waals surface area contributed by atoms with Gasteiger partial charge in [0.25, 0.3) is 0 Å². The molecule has 2 nitrogen and oxygen atoms in total. The Bertz CT molecular complexity index is 435. The molecule has 0 heterocycles. The first-order valence-electron chi connectivity index (χ1n) is 7.79. The van der Waals surface area contributed by atoms with Gasteiger partial charge in [-0.1, -0.05) is 32.4 Å². The SMILES string of the molecule is C[C@@H]1CC[C@]23C[C@H]1C(C)(C)[C@@H]2CCC3=CCC(=O)O. The van der Waals surface area contributed by atoms with Crippen molar-refractivity contribution in [2.45, 2.75) is 59.3 Å². The van der Waals surface area contributed by atoms with Gasteiger partial charge in [0.1, 0.15) is 0 Å². The van der Waals surface area contributed by atoms with E-state index in [0.717, 1.165) is 24.2 Å². The first-order valence-corrected chi connectivity index (χ1v) is 7.79. The Morgan fingerprint density at radius 3 is 2.84 bits per heavy atom. The largest absolute Gasteiger partial charge is 0.481 e. The number of rotatable bonds is 2. The Kier molecular flexibility index (Phi) is 2.85. The minimum atomic E-state index is -0.690. The molecule has 3 aliphatic rings. The first-order chi connectivity index (χ1) is 8.88. The van der Waals surface area contributed by atoms with Crippen LogP contribution < -0.4 is 0 Å². The van der Waals surface area contributed by atoms with Crippen molar-refractivity contribution in [3.63, 3.8) is 0 Å². The van der Waals surface area contributed by atoms with Gasteiger partial charge in [0.2, 0.25) is 0 Å². The maximum Gasteiger partial charge on any atom is 0.307 e. The van der Waals surface area contributed by atoms with Gasteiger partial charge in [-0.15, -0.1) is 0 Å². The summed E-state index contributed by atoms with van der Waals surface area (Å²) in [6.07, 6.45) is 8.63. The Balaban J connectivity index is 1.96. The van der Waals surface area contributed by atoms with Crippen LogP contribution in [0.15, 0.2) is 11.6 Å². The summed E-state index contributed by atoms with van der Waals surface area (Å²) in [4.78, 5) is 10.9. The van der Waals surface area contributed by atoms with Crippen LogP contribution in [0.5, 0.6) is 0 Å². The molecule has 0 aromatic carbocycles. The minimum Gasteiger partial charge on any atom is -0.481 e. The second-order valence-corrected chi connectivity index (χ2v) is 7.72. The summed E-state index contributed by atoms with van der Waals surface area (Å²) in [5, 5.41) is 8.94. The Hall–Kier alpha value is -0.790. The van der Waals surface area contributed by atoms with Crippen molar-refractivity contribution in [1.29, 1.82) is 0 Å². The summed E-state index contributed by atoms with van der Waals surface area (Å²) in [7, 11) is 0. The molecule has 1 N–H and O–H groups in total. The zero-order valence-corrected chi connectivity index (χ0v) is 12.4. The lowest BCUT2D eigenvalue weighted by Crippen LogP contribution is -2.28. The van der Waals surface area contributed by atoms with Crippen LogP contribution in [0.25, 0.3) is 0 Å². The summed E-state index contributed by atoms with van der Waals surface area (Å²) in [6.45, 7) is 7.35. The van der Waals surface area contributed by atoms with E-state index in [-0.39, 0.29) is 6.42 Å². The first kappa shape index (κ1) is 13.2. The third kappa shape index (κ3) is 1.71. The molecular weight excluding hydrogens is 236 g/mol. The fraction of sp³-hybridized carbons (Fsp3) is 0.824. The third-order valence-corrected chi connectivity index (χ3v) is 6.70. The van der Waals surface area contributed by atoms with Gasteiger partial charge in [-0.3, -0.25) is 4.79 Å². The number of aliphatic carboxylic acids is 1. The molecule has 3 saturated carbocycles. The van der Waals surface area contributed by atoms with Crippen LogP contribution in [0.2, 0.25) is 0 Å². The van der Waals surface area contributed by atoms with Crippen LogP contribution in [-0.4, -0.2) is 11.1 Å². The van der Waals surface area contributed by atoms with Gasteiger partial charge in [0.05, 0.1) is 6.42 Å². The summed E-state index contributed by atoms with van der Waals surface area (Å²) in [5.41, 5.74) is 2.30. The quantitative estimate of drug-likeness (QED) is 0.755. The van der Waals surface area contributed by atoms with Crippen LogP contribution >= 0.6 is 0 Å². The number of fused-ring (bicyclic) bond motifs is 1. The van der Waals surface area contributed by atoms with E-state index >= 15 is 0 Å². The van der Waals surface area contributed by atoms with E-state index in [1.807, 2.05) is 0 Å². The van der Waals surface area contributed by atoms with Crippen molar-refractivity contribution < 1.29 is 9.90 Å². The number of allylic oxidation sites excluding steroid dienone is 1. The van der Waals surface area contributed by atoms with Crippen LogP contribution in [-0.2, 0) is 4.79 Å². The van der Waals surface area contributed by atoms with E-state index in [4.69, 9.17) is 5.11 Å². The van der Waals surface area contributed by atoms with E-state index in [2.05, 4.69) is 26.8 Å². The van der Waals surface area contributed by atoms with Crippen LogP contribution in [0.3, 0.4) is 0 Å². The molecular formula is C17H26O2. The van der Waals surface area contributed by atoms with Crippen molar-refractivity contribution in [2.24, 2.45) is 28.6 Å². The predicted octanol–water partition coefficient (Wildman–Crippen LogP) is 4.26. The molecule has 0 unspecified atom stereocenters. The van der Waals surface area contributed by atoms with Gasteiger partial charge in [0.15, 0.2) is 0 Å². The molecule has 0 aromatic heterocycles. The van der Waals surface area contributed by atoms with Crippen molar-refractivity contribution in [3.8, 4) is 0 Å². The number of carboxylic acids is 1. The Labute approximate surface area is 116 Å². The zero-order valence-electron chi connectivity index (χ0n) is 12.4. The van der Waals surface area contributed by atoms with Crippen molar-refractivity contribution >= 4 is 5.97 Å². The van der Waals surface area contributed by atoms with E-state index in [1.165, 1.54) is 31.3 Å². The van der Waals surface area contributed by atoms with Crippen LogP contribution in [0.4, 0.5) is 0 Å². The highest BCUT2D eigenvalue weighted by Crippen LogP contribution is 2.72. The standard InChI is InChI=1S/C17H26O2/c1-11-8-9-17-10-13(11)16(2,3)14(17)6-4-12(17)5-7-15(18)19/h5,11,13-14H,4,6-10H2,1-3H3,(H,18,19)/t11-,13-,14+,17-/m1/s1. The molecule has 2 bridgehead atoms. The minimum absolute atomic E-state index is 0.213. The normalized spacial score (nSPS) is 45.4. The monoisotopic (exact) mass is 262 g/mol. The Morgan fingerprint density at radius 2 is 2.16 bits per heavy atom. The summed E-state index contributed by atoms with van der Waals surface area (Å²) < 4.78 is 0. The van der Waals surface area contributed by atoms with Gasteiger partial charge in [0, 0.05) is 0 Å². The summed E-state index contributed by atoms with van der Waals surface area (Å²) in [6, 6.07) is 0. The fourth-order valence-electron chi connectivity index (χ4n) is 5.89. The average molecular weight is 262 g/mol. The molecule has 0 aromatic rings. The highest BCUT2D eigenvalue weighted by atomic mass is 16.4. The zero-order chi connectivity index (χ0) is 13.8. The molecule has 4 atom stereocenters. The second-order valence-electron chi connectivity index (χ2n) is 7.72. The Morgan fingerprint density at radius 1 is 1.42 bits per heavy atom. The third-order valence-electron chi connectivity index (χ3n) is 6.70. The molecule has 0 amide bonds. The molecule has 106 valence electrons. The smallest absolute Gasteiger partial charge is 0.307 e. The topological polar surface area (TPSA) is 37.3 Å². The van der Waals surface area contributed by atoms with Crippen molar-refractivity contribution in [2.75, 3.05) is 0 Å². The lowest BCUT2D eigenvalue weighted by Gasteiger charge is -2.37. The van der Waals surface area contributed by atoms with E-state index < -0.39 is 5.97 Å². The number of hydrogen-bond acceptors (Lipinski definition) is 1. The predicted molar refractivity (Wildman–Crippen MR) is 75.8 cm³/mol. The lowest BCUT2D eigenvalue weighted by molar-refractivity contribution is -0.136.